The largest absolute Gasteiger partial charge is 0.494 e. The maximum Gasteiger partial charge on any atom is 0.228 e. The predicted octanol–water partition coefficient (Wildman–Crippen LogP) is 3.56. The number of anilines is 1. The lowest BCUT2D eigenvalue weighted by molar-refractivity contribution is -0.130. The number of ether oxygens (including phenoxy) is 1. The van der Waals surface area contributed by atoms with Crippen LogP contribution in [-0.2, 0) is 17.8 Å². The monoisotopic (exact) mass is 465 g/mol. The molecule has 3 aromatic rings. The molecular weight excluding hydrogens is 434 g/mol. The highest BCUT2D eigenvalue weighted by Gasteiger charge is 2.22. The SMILES string of the molecule is CCOc1ccc(-c2nc(CC(=O)N3CCN(c4ccc(CN(C)C)cn4)CC3)cs2)cc1. The van der Waals surface area contributed by atoms with Crippen molar-refractivity contribution in [2.45, 2.75) is 19.9 Å². The maximum atomic E-state index is 12.9. The van der Waals surface area contributed by atoms with E-state index in [1.54, 1.807) is 11.3 Å². The van der Waals surface area contributed by atoms with Crippen LogP contribution in [0.1, 0.15) is 18.2 Å². The number of rotatable bonds is 8. The van der Waals surface area contributed by atoms with E-state index in [0.29, 0.717) is 26.1 Å². The van der Waals surface area contributed by atoms with E-state index in [1.807, 2.05) is 47.7 Å². The molecule has 0 N–H and O–H groups in total. The number of nitrogens with zero attached hydrogens (tertiary/aromatic N) is 5. The summed E-state index contributed by atoms with van der Waals surface area (Å²) in [7, 11) is 4.10. The Labute approximate surface area is 199 Å². The fraction of sp³-hybridized carbons (Fsp3) is 0.400. The highest BCUT2D eigenvalue weighted by molar-refractivity contribution is 7.13. The van der Waals surface area contributed by atoms with E-state index in [9.17, 15) is 4.79 Å². The Bertz CT molecular complexity index is 1040. The van der Waals surface area contributed by atoms with Gasteiger partial charge in [-0.3, -0.25) is 4.79 Å². The van der Waals surface area contributed by atoms with Crippen molar-refractivity contribution in [3.63, 3.8) is 0 Å². The summed E-state index contributed by atoms with van der Waals surface area (Å²) in [6.07, 6.45) is 2.28. The molecule has 0 bridgehead atoms. The van der Waals surface area contributed by atoms with Crippen LogP contribution in [0.3, 0.4) is 0 Å². The van der Waals surface area contributed by atoms with E-state index in [1.165, 1.54) is 5.56 Å². The molecule has 1 saturated heterocycles. The topological polar surface area (TPSA) is 61.8 Å². The Balaban J connectivity index is 1.29. The number of piperazine rings is 1. The van der Waals surface area contributed by atoms with Crippen molar-refractivity contribution in [3.05, 3.63) is 59.2 Å². The standard InChI is InChI=1S/C25H31N5O2S/c1-4-32-22-8-6-20(7-9-22)25-27-21(18-33-25)15-24(31)30-13-11-29(12-14-30)23-10-5-19(16-26-23)17-28(2)3/h5-10,16,18H,4,11-15,17H2,1-3H3. The van der Waals surface area contributed by atoms with E-state index >= 15 is 0 Å². The Morgan fingerprint density at radius 3 is 2.48 bits per heavy atom. The summed E-state index contributed by atoms with van der Waals surface area (Å²) in [5.74, 6) is 1.96. The van der Waals surface area contributed by atoms with Gasteiger partial charge in [0.1, 0.15) is 16.6 Å². The van der Waals surface area contributed by atoms with Crippen LogP contribution in [0.5, 0.6) is 5.75 Å². The van der Waals surface area contributed by atoms with Gasteiger partial charge in [0.15, 0.2) is 0 Å². The second-order valence-electron chi connectivity index (χ2n) is 8.41. The summed E-state index contributed by atoms with van der Waals surface area (Å²) in [5, 5.41) is 2.91. The van der Waals surface area contributed by atoms with E-state index in [0.717, 1.165) is 47.5 Å². The summed E-state index contributed by atoms with van der Waals surface area (Å²) in [6.45, 7) is 6.49. The molecule has 1 fully saturated rings. The van der Waals surface area contributed by atoms with Gasteiger partial charge in [-0.1, -0.05) is 6.07 Å². The maximum absolute atomic E-state index is 12.9. The molecule has 0 spiro atoms. The van der Waals surface area contributed by atoms with Crippen molar-refractivity contribution in [1.29, 1.82) is 0 Å². The molecule has 0 unspecified atom stereocenters. The minimum atomic E-state index is 0.132. The Morgan fingerprint density at radius 2 is 1.85 bits per heavy atom. The third kappa shape index (κ3) is 6.09. The fourth-order valence-corrected chi connectivity index (χ4v) is 4.72. The van der Waals surface area contributed by atoms with E-state index in [4.69, 9.17) is 4.74 Å². The zero-order valence-electron chi connectivity index (χ0n) is 19.5. The van der Waals surface area contributed by atoms with Crippen LogP contribution in [0.25, 0.3) is 10.6 Å². The molecule has 1 aliphatic rings. The molecular formula is C25H31N5O2S. The molecule has 8 heteroatoms. The molecule has 0 atom stereocenters. The number of aromatic nitrogens is 2. The second-order valence-corrected chi connectivity index (χ2v) is 9.27. The lowest BCUT2D eigenvalue weighted by atomic mass is 10.2. The summed E-state index contributed by atoms with van der Waals surface area (Å²) in [5.41, 5.74) is 3.07. The van der Waals surface area contributed by atoms with E-state index < -0.39 is 0 Å². The van der Waals surface area contributed by atoms with Crippen molar-refractivity contribution in [2.24, 2.45) is 0 Å². The van der Waals surface area contributed by atoms with Crippen molar-refractivity contribution < 1.29 is 9.53 Å². The Kier molecular flexibility index (Phi) is 7.57. The molecule has 0 saturated carbocycles. The van der Waals surface area contributed by atoms with Gasteiger partial charge in [-0.2, -0.15) is 0 Å². The minimum Gasteiger partial charge on any atom is -0.494 e. The lowest BCUT2D eigenvalue weighted by Crippen LogP contribution is -2.49. The zero-order chi connectivity index (χ0) is 23.2. The van der Waals surface area contributed by atoms with Crippen LogP contribution >= 0.6 is 11.3 Å². The molecule has 0 radical (unpaired) electrons. The molecule has 2 aromatic heterocycles. The van der Waals surface area contributed by atoms with Crippen LogP contribution in [0, 0.1) is 0 Å². The van der Waals surface area contributed by atoms with Crippen molar-refractivity contribution >= 4 is 23.1 Å². The molecule has 0 aliphatic carbocycles. The van der Waals surface area contributed by atoms with Gasteiger partial charge in [-0.15, -0.1) is 11.3 Å². The van der Waals surface area contributed by atoms with E-state index in [-0.39, 0.29) is 5.91 Å². The number of hydrogen-bond donors (Lipinski definition) is 0. The van der Waals surface area contributed by atoms with E-state index in [2.05, 4.69) is 46.0 Å². The molecule has 7 nitrogen and oxygen atoms in total. The number of thiazole rings is 1. The second kappa shape index (κ2) is 10.8. The van der Waals surface area contributed by atoms with Gasteiger partial charge >= 0.3 is 0 Å². The highest BCUT2D eigenvalue weighted by Crippen LogP contribution is 2.26. The number of carbonyl (C=O) groups is 1. The summed E-state index contributed by atoms with van der Waals surface area (Å²) < 4.78 is 5.50. The van der Waals surface area contributed by atoms with Gasteiger partial charge in [-0.05, 0) is 56.9 Å². The summed E-state index contributed by atoms with van der Waals surface area (Å²) >= 11 is 1.57. The molecule has 1 aliphatic heterocycles. The average molecular weight is 466 g/mol. The molecule has 1 amide bonds. The van der Waals surface area contributed by atoms with Crippen molar-refractivity contribution in [2.75, 3.05) is 51.8 Å². The molecule has 3 heterocycles. The third-order valence-electron chi connectivity index (χ3n) is 5.56. The first-order valence-electron chi connectivity index (χ1n) is 11.3. The number of carbonyl (C=O) groups excluding carboxylic acids is 1. The first-order chi connectivity index (χ1) is 16.0. The number of pyridine rings is 1. The normalized spacial score (nSPS) is 14.1. The van der Waals surface area contributed by atoms with Gasteiger partial charge in [0.2, 0.25) is 5.91 Å². The van der Waals surface area contributed by atoms with Crippen LogP contribution in [0.15, 0.2) is 48.0 Å². The number of benzene rings is 1. The van der Waals surface area contributed by atoms with Crippen molar-refractivity contribution in [3.8, 4) is 16.3 Å². The van der Waals surface area contributed by atoms with Crippen LogP contribution in [0.4, 0.5) is 5.82 Å². The van der Waals surface area contributed by atoms with Crippen molar-refractivity contribution in [1.82, 2.24) is 19.8 Å². The van der Waals surface area contributed by atoms with Gasteiger partial charge in [0.25, 0.3) is 0 Å². The average Bonchev–Trinajstić information content (AvgIpc) is 3.28. The lowest BCUT2D eigenvalue weighted by Gasteiger charge is -2.35. The summed E-state index contributed by atoms with van der Waals surface area (Å²) in [4.78, 5) is 28.5. The van der Waals surface area contributed by atoms with Gasteiger partial charge < -0.3 is 19.4 Å². The zero-order valence-corrected chi connectivity index (χ0v) is 20.3. The van der Waals surface area contributed by atoms with Gasteiger partial charge in [0.05, 0.1) is 18.7 Å². The molecule has 1 aromatic carbocycles. The Morgan fingerprint density at radius 1 is 1.09 bits per heavy atom. The molecule has 33 heavy (non-hydrogen) atoms. The Hall–Kier alpha value is -2.97. The van der Waals surface area contributed by atoms with Gasteiger partial charge in [-0.25, -0.2) is 9.97 Å². The molecule has 174 valence electrons. The smallest absolute Gasteiger partial charge is 0.228 e. The van der Waals surface area contributed by atoms with Crippen LogP contribution in [0.2, 0.25) is 0 Å². The highest BCUT2D eigenvalue weighted by atomic mass is 32.1. The first-order valence-corrected chi connectivity index (χ1v) is 12.2. The first kappa shape index (κ1) is 23.2. The number of amides is 1. The van der Waals surface area contributed by atoms with Crippen LogP contribution in [-0.4, -0.2) is 72.6 Å². The predicted molar refractivity (Wildman–Crippen MR) is 133 cm³/mol. The third-order valence-corrected chi connectivity index (χ3v) is 6.50. The number of hydrogen-bond acceptors (Lipinski definition) is 7. The van der Waals surface area contributed by atoms with Gasteiger partial charge in [0, 0.05) is 49.9 Å². The van der Waals surface area contributed by atoms with Crippen LogP contribution < -0.4 is 9.64 Å². The molecule has 4 rings (SSSR count). The minimum absolute atomic E-state index is 0.132. The quantitative estimate of drug-likeness (QED) is 0.507. The fourth-order valence-electron chi connectivity index (χ4n) is 3.90. The summed E-state index contributed by atoms with van der Waals surface area (Å²) in [6, 6.07) is 12.1.